The molecule has 1 aromatic carbocycles. The Labute approximate surface area is 109 Å². The highest BCUT2D eigenvalue weighted by molar-refractivity contribution is 5.95. The van der Waals surface area contributed by atoms with Crippen LogP contribution < -0.4 is 5.32 Å². The zero-order valence-corrected chi connectivity index (χ0v) is 11.4. The molecule has 0 aromatic heterocycles. The van der Waals surface area contributed by atoms with Gasteiger partial charge in [0.05, 0.1) is 0 Å². The van der Waals surface area contributed by atoms with Crippen LogP contribution in [0.2, 0.25) is 0 Å². The molecule has 1 rings (SSSR count). The normalized spacial score (nSPS) is 14.2. The Morgan fingerprint density at radius 3 is 2.33 bits per heavy atom. The first kappa shape index (κ1) is 14.5. The number of hydrogen-bond donors (Lipinski definition) is 2. The van der Waals surface area contributed by atoms with E-state index in [4.69, 9.17) is 0 Å². The van der Waals surface area contributed by atoms with E-state index in [2.05, 4.69) is 5.32 Å². The highest BCUT2D eigenvalue weighted by atomic mass is 16.3. The predicted molar refractivity (Wildman–Crippen MR) is 74.3 cm³/mol. The van der Waals surface area contributed by atoms with Crippen LogP contribution >= 0.6 is 0 Å². The zero-order valence-electron chi connectivity index (χ0n) is 11.4. The summed E-state index contributed by atoms with van der Waals surface area (Å²) in [5.41, 5.74) is 1.62. The molecule has 98 valence electrons. The number of aliphatic hydroxyl groups excluding tert-OH is 1. The van der Waals surface area contributed by atoms with Gasteiger partial charge in [0.1, 0.15) is 0 Å². The van der Waals surface area contributed by atoms with Crippen molar-refractivity contribution in [2.75, 3.05) is 5.32 Å². The van der Waals surface area contributed by atoms with Gasteiger partial charge in [-0.05, 0) is 30.5 Å². The molecule has 0 bridgehead atoms. The number of para-hydroxylation sites is 1. The fraction of sp³-hybridized carbons (Fsp3) is 0.400. The second-order valence-corrected chi connectivity index (χ2v) is 5.40. The molecule has 3 heteroatoms. The fourth-order valence-corrected chi connectivity index (χ4v) is 1.30. The predicted octanol–water partition coefficient (Wildman–Crippen LogP) is 2.98. The molecule has 18 heavy (non-hydrogen) atoms. The van der Waals surface area contributed by atoms with Crippen LogP contribution in [-0.4, -0.2) is 17.1 Å². The molecule has 3 nitrogen and oxygen atoms in total. The van der Waals surface area contributed by atoms with E-state index >= 15 is 0 Å². The number of benzene rings is 1. The molecule has 0 aliphatic rings. The molecule has 0 heterocycles. The Kier molecular flexibility index (Phi) is 4.68. The highest BCUT2D eigenvalue weighted by Gasteiger charge is 2.17. The van der Waals surface area contributed by atoms with Crippen LogP contribution in [-0.2, 0) is 4.79 Å². The number of rotatable bonds is 3. The lowest BCUT2D eigenvalue weighted by Crippen LogP contribution is -2.27. The maximum atomic E-state index is 11.8. The SMILES string of the molecule is C/C(=C\[C@@H](O)C(=O)Nc1ccccc1)C(C)(C)C. The maximum Gasteiger partial charge on any atom is 0.257 e. The van der Waals surface area contributed by atoms with Crippen molar-refractivity contribution in [3.05, 3.63) is 42.0 Å². The molecular weight excluding hydrogens is 226 g/mol. The molecule has 0 saturated heterocycles. The third-order valence-electron chi connectivity index (χ3n) is 2.90. The Hall–Kier alpha value is -1.61. The number of carbonyl (C=O) groups is 1. The summed E-state index contributed by atoms with van der Waals surface area (Å²) in [5.74, 6) is -0.412. The van der Waals surface area contributed by atoms with E-state index in [1.807, 2.05) is 45.9 Å². The molecule has 0 unspecified atom stereocenters. The molecule has 0 spiro atoms. The molecule has 0 saturated carbocycles. The quantitative estimate of drug-likeness (QED) is 0.807. The topological polar surface area (TPSA) is 49.3 Å². The molecule has 1 amide bonds. The van der Waals surface area contributed by atoms with Crippen molar-refractivity contribution in [1.82, 2.24) is 0 Å². The Bertz CT molecular complexity index is 430. The minimum absolute atomic E-state index is 0.0476. The zero-order chi connectivity index (χ0) is 13.8. The van der Waals surface area contributed by atoms with Gasteiger partial charge in [0, 0.05) is 5.69 Å². The van der Waals surface area contributed by atoms with Gasteiger partial charge in [-0.15, -0.1) is 0 Å². The van der Waals surface area contributed by atoms with Crippen molar-refractivity contribution < 1.29 is 9.90 Å². The summed E-state index contributed by atoms with van der Waals surface area (Å²) in [5, 5.41) is 12.5. The second-order valence-electron chi connectivity index (χ2n) is 5.40. The maximum absolute atomic E-state index is 11.8. The Morgan fingerprint density at radius 2 is 1.83 bits per heavy atom. The number of aliphatic hydroxyl groups is 1. The van der Waals surface area contributed by atoms with Crippen LogP contribution in [0.3, 0.4) is 0 Å². The van der Waals surface area contributed by atoms with E-state index in [-0.39, 0.29) is 5.41 Å². The van der Waals surface area contributed by atoms with Gasteiger partial charge in [-0.2, -0.15) is 0 Å². The van der Waals surface area contributed by atoms with Crippen molar-refractivity contribution in [3.8, 4) is 0 Å². The van der Waals surface area contributed by atoms with E-state index in [0.29, 0.717) is 5.69 Å². The van der Waals surface area contributed by atoms with Crippen LogP contribution in [0.1, 0.15) is 27.7 Å². The van der Waals surface area contributed by atoms with Gasteiger partial charge in [-0.1, -0.05) is 44.5 Å². The summed E-state index contributed by atoms with van der Waals surface area (Å²) in [6.07, 6.45) is 0.475. The lowest BCUT2D eigenvalue weighted by atomic mass is 9.87. The van der Waals surface area contributed by atoms with Gasteiger partial charge in [0.2, 0.25) is 0 Å². The summed E-state index contributed by atoms with van der Waals surface area (Å²) in [4.78, 5) is 11.8. The first-order chi connectivity index (χ1) is 8.30. The molecule has 2 N–H and O–H groups in total. The largest absolute Gasteiger partial charge is 0.379 e. The average molecular weight is 247 g/mol. The van der Waals surface area contributed by atoms with Gasteiger partial charge >= 0.3 is 0 Å². The standard InChI is InChI=1S/C15H21NO2/c1-11(15(2,3)4)10-13(17)14(18)16-12-8-6-5-7-9-12/h5-10,13,17H,1-4H3,(H,16,18)/b11-10+/t13-/m1/s1. The summed E-state index contributed by atoms with van der Waals surface area (Å²) < 4.78 is 0. The average Bonchev–Trinajstić information content (AvgIpc) is 2.28. The highest BCUT2D eigenvalue weighted by Crippen LogP contribution is 2.24. The third-order valence-corrected chi connectivity index (χ3v) is 2.90. The van der Waals surface area contributed by atoms with Crippen LogP contribution in [0.15, 0.2) is 42.0 Å². The third kappa shape index (κ3) is 4.34. The van der Waals surface area contributed by atoms with Crippen molar-refractivity contribution in [2.45, 2.75) is 33.8 Å². The summed E-state index contributed by atoms with van der Waals surface area (Å²) in [6.45, 7) is 8.04. The molecule has 0 radical (unpaired) electrons. The minimum Gasteiger partial charge on any atom is -0.379 e. The number of anilines is 1. The van der Waals surface area contributed by atoms with Crippen molar-refractivity contribution in [1.29, 1.82) is 0 Å². The number of amides is 1. The molecular formula is C15H21NO2. The van der Waals surface area contributed by atoms with Crippen molar-refractivity contribution >= 4 is 11.6 Å². The van der Waals surface area contributed by atoms with Crippen LogP contribution in [0.5, 0.6) is 0 Å². The smallest absolute Gasteiger partial charge is 0.257 e. The van der Waals surface area contributed by atoms with E-state index in [1.165, 1.54) is 0 Å². The fourth-order valence-electron chi connectivity index (χ4n) is 1.30. The monoisotopic (exact) mass is 247 g/mol. The van der Waals surface area contributed by atoms with Gasteiger partial charge in [0.15, 0.2) is 6.10 Å². The number of carbonyl (C=O) groups excluding carboxylic acids is 1. The molecule has 0 fully saturated rings. The summed E-state index contributed by atoms with van der Waals surface area (Å²) >= 11 is 0. The van der Waals surface area contributed by atoms with E-state index < -0.39 is 12.0 Å². The lowest BCUT2D eigenvalue weighted by Gasteiger charge is -2.20. The first-order valence-corrected chi connectivity index (χ1v) is 6.03. The van der Waals surface area contributed by atoms with Gasteiger partial charge < -0.3 is 10.4 Å². The van der Waals surface area contributed by atoms with Crippen molar-refractivity contribution in [3.63, 3.8) is 0 Å². The van der Waals surface area contributed by atoms with E-state index in [9.17, 15) is 9.90 Å². The van der Waals surface area contributed by atoms with Gasteiger partial charge in [-0.3, -0.25) is 4.79 Å². The molecule has 0 aliphatic heterocycles. The van der Waals surface area contributed by atoms with Crippen LogP contribution in [0.25, 0.3) is 0 Å². The molecule has 0 aliphatic carbocycles. The summed E-state index contributed by atoms with van der Waals surface area (Å²) in [6, 6.07) is 9.10. The summed E-state index contributed by atoms with van der Waals surface area (Å²) in [7, 11) is 0. The first-order valence-electron chi connectivity index (χ1n) is 6.03. The van der Waals surface area contributed by atoms with E-state index in [0.717, 1.165) is 5.57 Å². The number of hydrogen-bond acceptors (Lipinski definition) is 2. The van der Waals surface area contributed by atoms with Gasteiger partial charge in [0.25, 0.3) is 5.91 Å². The lowest BCUT2D eigenvalue weighted by molar-refractivity contribution is -0.121. The van der Waals surface area contributed by atoms with Crippen LogP contribution in [0, 0.1) is 5.41 Å². The number of allylic oxidation sites excluding steroid dienone is 1. The Morgan fingerprint density at radius 1 is 1.28 bits per heavy atom. The number of nitrogens with one attached hydrogen (secondary N) is 1. The van der Waals surface area contributed by atoms with Crippen LogP contribution in [0.4, 0.5) is 5.69 Å². The van der Waals surface area contributed by atoms with Crippen molar-refractivity contribution in [2.24, 2.45) is 5.41 Å². The van der Waals surface area contributed by atoms with E-state index in [1.54, 1.807) is 18.2 Å². The Balaban J connectivity index is 2.68. The minimum atomic E-state index is -1.12. The second kappa shape index (κ2) is 5.83. The van der Waals surface area contributed by atoms with Gasteiger partial charge in [-0.25, -0.2) is 0 Å². The molecule has 1 atom stereocenters. The molecule has 1 aromatic rings.